The molecule has 3 heteroatoms. The molecule has 0 atom stereocenters. The molecule has 0 unspecified atom stereocenters. The maximum Gasteiger partial charge on any atom is 0.0791 e. The van der Waals surface area contributed by atoms with Crippen LogP contribution >= 0.6 is 0 Å². The van der Waals surface area contributed by atoms with Crippen LogP contribution < -0.4 is 0 Å². The third-order valence-electron chi connectivity index (χ3n) is 4.19. The highest BCUT2D eigenvalue weighted by Gasteiger charge is 2.11. The lowest BCUT2D eigenvalue weighted by molar-refractivity contribution is 0.282. The van der Waals surface area contributed by atoms with E-state index in [1.165, 1.54) is 0 Å². The van der Waals surface area contributed by atoms with Crippen molar-refractivity contribution in [3.05, 3.63) is 65.7 Å². The predicted molar refractivity (Wildman–Crippen MR) is 88.6 cm³/mol. The van der Waals surface area contributed by atoms with E-state index in [-0.39, 0.29) is 13.2 Å². The van der Waals surface area contributed by atoms with Gasteiger partial charge in [0.1, 0.15) is 0 Å². The molecular weight excluding hydrogens is 274 g/mol. The molecular formula is C19H15NO2. The summed E-state index contributed by atoms with van der Waals surface area (Å²) < 4.78 is 0. The number of pyridine rings is 1. The molecule has 0 bridgehead atoms. The first-order valence-electron chi connectivity index (χ1n) is 7.26. The Balaban J connectivity index is 2.22. The second-order valence-corrected chi connectivity index (χ2v) is 5.44. The molecule has 0 spiro atoms. The van der Waals surface area contributed by atoms with Crippen LogP contribution in [0.4, 0.5) is 0 Å². The second kappa shape index (κ2) is 5.05. The summed E-state index contributed by atoms with van der Waals surface area (Å²) in [5.41, 5.74) is 3.41. The van der Waals surface area contributed by atoms with Crippen LogP contribution in [-0.2, 0) is 13.2 Å². The average Bonchev–Trinajstić information content (AvgIpc) is 2.59. The minimum Gasteiger partial charge on any atom is -0.392 e. The Morgan fingerprint density at radius 2 is 1.59 bits per heavy atom. The van der Waals surface area contributed by atoms with Crippen molar-refractivity contribution >= 4 is 32.6 Å². The molecule has 1 aromatic heterocycles. The molecule has 3 nitrogen and oxygen atoms in total. The maximum absolute atomic E-state index is 9.86. The van der Waals surface area contributed by atoms with Crippen LogP contribution in [0.2, 0.25) is 0 Å². The summed E-state index contributed by atoms with van der Waals surface area (Å²) in [5, 5.41) is 23.3. The van der Waals surface area contributed by atoms with Crippen LogP contribution in [0.15, 0.2) is 54.6 Å². The number of nitrogens with zero attached hydrogens (tertiary/aromatic N) is 1. The van der Waals surface area contributed by atoms with E-state index in [4.69, 9.17) is 4.98 Å². The standard InChI is InChI=1S/C19H15NO2/c21-10-12-5-7-15-17(11-22)16-8-6-13-3-1-2-4-14(13)19(16)20-18(15)9-12/h1-9,21-22H,10-11H2. The van der Waals surface area contributed by atoms with E-state index < -0.39 is 0 Å². The molecule has 2 N–H and O–H groups in total. The number of rotatable bonds is 2. The molecule has 1 heterocycles. The number of aliphatic hydroxyl groups is 2. The summed E-state index contributed by atoms with van der Waals surface area (Å²) >= 11 is 0. The molecule has 0 aliphatic carbocycles. The molecule has 22 heavy (non-hydrogen) atoms. The van der Waals surface area contributed by atoms with E-state index in [1.54, 1.807) is 0 Å². The van der Waals surface area contributed by atoms with Crippen LogP contribution in [0.3, 0.4) is 0 Å². The lowest BCUT2D eigenvalue weighted by Crippen LogP contribution is -1.95. The smallest absolute Gasteiger partial charge is 0.0791 e. The fourth-order valence-corrected chi connectivity index (χ4v) is 3.08. The fraction of sp³-hybridized carbons (Fsp3) is 0.105. The van der Waals surface area contributed by atoms with Crippen molar-refractivity contribution in [1.29, 1.82) is 0 Å². The Morgan fingerprint density at radius 1 is 0.773 bits per heavy atom. The van der Waals surface area contributed by atoms with Gasteiger partial charge in [0.05, 0.1) is 24.2 Å². The summed E-state index contributed by atoms with van der Waals surface area (Å²) in [7, 11) is 0. The molecule has 0 aliphatic rings. The van der Waals surface area contributed by atoms with Gasteiger partial charge in [-0.25, -0.2) is 4.98 Å². The van der Waals surface area contributed by atoms with Gasteiger partial charge < -0.3 is 10.2 Å². The topological polar surface area (TPSA) is 53.4 Å². The number of hydrogen-bond acceptors (Lipinski definition) is 3. The van der Waals surface area contributed by atoms with Crippen molar-refractivity contribution in [2.24, 2.45) is 0 Å². The van der Waals surface area contributed by atoms with Crippen molar-refractivity contribution < 1.29 is 10.2 Å². The lowest BCUT2D eigenvalue weighted by Gasteiger charge is -2.11. The molecule has 0 aliphatic heterocycles. The first-order chi connectivity index (χ1) is 10.8. The van der Waals surface area contributed by atoms with Crippen molar-refractivity contribution in [1.82, 2.24) is 4.98 Å². The van der Waals surface area contributed by atoms with Gasteiger partial charge in [-0.1, -0.05) is 48.5 Å². The molecule has 3 aromatic carbocycles. The van der Waals surface area contributed by atoms with Crippen LogP contribution in [-0.4, -0.2) is 15.2 Å². The Labute approximate surface area is 127 Å². The number of fused-ring (bicyclic) bond motifs is 4. The number of benzene rings is 3. The molecule has 4 aromatic rings. The Bertz CT molecular complexity index is 1010. The summed E-state index contributed by atoms with van der Waals surface area (Å²) in [6.07, 6.45) is 0. The zero-order valence-corrected chi connectivity index (χ0v) is 12.0. The van der Waals surface area contributed by atoms with E-state index in [2.05, 4.69) is 12.1 Å². The van der Waals surface area contributed by atoms with Gasteiger partial charge >= 0.3 is 0 Å². The first-order valence-corrected chi connectivity index (χ1v) is 7.26. The average molecular weight is 289 g/mol. The van der Waals surface area contributed by atoms with Crippen molar-refractivity contribution in [2.45, 2.75) is 13.2 Å². The molecule has 0 amide bonds. The SMILES string of the molecule is OCc1ccc2c(CO)c3ccc4ccccc4c3nc2c1. The normalized spacial score (nSPS) is 11.5. The van der Waals surface area contributed by atoms with Crippen LogP contribution in [0.1, 0.15) is 11.1 Å². The van der Waals surface area contributed by atoms with E-state index >= 15 is 0 Å². The lowest BCUT2D eigenvalue weighted by atomic mass is 9.98. The highest BCUT2D eigenvalue weighted by molar-refractivity contribution is 6.10. The van der Waals surface area contributed by atoms with E-state index in [0.29, 0.717) is 0 Å². The van der Waals surface area contributed by atoms with Crippen LogP contribution in [0.5, 0.6) is 0 Å². The summed E-state index contributed by atoms with van der Waals surface area (Å²) in [6.45, 7) is -0.0496. The van der Waals surface area contributed by atoms with Gasteiger partial charge in [-0.2, -0.15) is 0 Å². The second-order valence-electron chi connectivity index (χ2n) is 5.44. The van der Waals surface area contributed by atoms with E-state index in [9.17, 15) is 10.2 Å². The zero-order chi connectivity index (χ0) is 15.1. The summed E-state index contributed by atoms with van der Waals surface area (Å²) in [4.78, 5) is 4.80. The van der Waals surface area contributed by atoms with Gasteiger partial charge in [-0.15, -0.1) is 0 Å². The first kappa shape index (κ1) is 13.2. The molecule has 0 saturated heterocycles. The Morgan fingerprint density at radius 3 is 2.41 bits per heavy atom. The molecule has 0 fully saturated rings. The number of aliphatic hydroxyl groups excluding tert-OH is 2. The van der Waals surface area contributed by atoms with Crippen molar-refractivity contribution in [3.8, 4) is 0 Å². The number of aromatic nitrogens is 1. The quantitative estimate of drug-likeness (QED) is 0.438. The van der Waals surface area contributed by atoms with Crippen LogP contribution in [0.25, 0.3) is 32.6 Å². The third kappa shape index (κ3) is 1.87. The van der Waals surface area contributed by atoms with E-state index in [0.717, 1.165) is 43.7 Å². The highest BCUT2D eigenvalue weighted by Crippen LogP contribution is 2.31. The molecule has 4 rings (SSSR count). The van der Waals surface area contributed by atoms with Crippen molar-refractivity contribution in [3.63, 3.8) is 0 Å². The van der Waals surface area contributed by atoms with Crippen molar-refractivity contribution in [2.75, 3.05) is 0 Å². The van der Waals surface area contributed by atoms with E-state index in [1.807, 2.05) is 42.5 Å². The minimum atomic E-state index is -0.0354. The minimum absolute atomic E-state index is 0.0142. The predicted octanol–water partition coefficient (Wildman–Crippen LogP) is 3.53. The zero-order valence-electron chi connectivity index (χ0n) is 12.0. The fourth-order valence-electron chi connectivity index (χ4n) is 3.08. The monoisotopic (exact) mass is 289 g/mol. The van der Waals surface area contributed by atoms with Gasteiger partial charge in [0, 0.05) is 16.2 Å². The van der Waals surface area contributed by atoms with Gasteiger partial charge in [0.15, 0.2) is 0 Å². The Hall–Kier alpha value is -2.49. The molecule has 0 radical (unpaired) electrons. The number of hydrogen-bond donors (Lipinski definition) is 2. The van der Waals surface area contributed by atoms with Gasteiger partial charge in [-0.3, -0.25) is 0 Å². The molecule has 0 saturated carbocycles. The largest absolute Gasteiger partial charge is 0.392 e. The maximum atomic E-state index is 9.86. The van der Waals surface area contributed by atoms with Gasteiger partial charge in [-0.05, 0) is 22.6 Å². The summed E-state index contributed by atoms with van der Waals surface area (Å²) in [6, 6.07) is 17.9. The van der Waals surface area contributed by atoms with Gasteiger partial charge in [0.25, 0.3) is 0 Å². The summed E-state index contributed by atoms with van der Waals surface area (Å²) in [5.74, 6) is 0. The van der Waals surface area contributed by atoms with Gasteiger partial charge in [0.2, 0.25) is 0 Å². The third-order valence-corrected chi connectivity index (χ3v) is 4.19. The molecule has 108 valence electrons. The highest BCUT2D eigenvalue weighted by atomic mass is 16.3. The Kier molecular flexibility index (Phi) is 3.03. The van der Waals surface area contributed by atoms with Crippen LogP contribution in [0, 0.1) is 0 Å².